The van der Waals surface area contributed by atoms with Crippen LogP contribution >= 0.6 is 27.7 Å². The fraction of sp³-hybridized carbons (Fsp3) is 0.211. The normalized spacial score (nSPS) is 18.2. The molecule has 0 radical (unpaired) electrons. The van der Waals surface area contributed by atoms with E-state index in [1.54, 1.807) is 4.90 Å². The van der Waals surface area contributed by atoms with Crippen LogP contribution in [-0.4, -0.2) is 27.5 Å². The lowest BCUT2D eigenvalue weighted by Crippen LogP contribution is -2.28. The van der Waals surface area contributed by atoms with Crippen molar-refractivity contribution in [1.82, 2.24) is 9.88 Å². The van der Waals surface area contributed by atoms with Crippen LogP contribution in [0.5, 0.6) is 0 Å². The van der Waals surface area contributed by atoms with Gasteiger partial charge in [-0.25, -0.2) is 9.98 Å². The van der Waals surface area contributed by atoms with Crippen LogP contribution in [0.15, 0.2) is 56.8 Å². The lowest BCUT2D eigenvalue weighted by Gasteiger charge is -2.12. The molecule has 1 aromatic carbocycles. The number of carbonyl (C=O) groups excluding carboxylic acids is 1. The van der Waals surface area contributed by atoms with Gasteiger partial charge < -0.3 is 0 Å². The maximum Gasteiger partial charge on any atom is 0.267 e. The number of halogens is 1. The Bertz CT molecular complexity index is 874. The molecule has 0 unspecified atom stereocenters. The van der Waals surface area contributed by atoms with Crippen molar-refractivity contribution in [2.75, 3.05) is 6.54 Å². The van der Waals surface area contributed by atoms with E-state index < -0.39 is 0 Å². The van der Waals surface area contributed by atoms with Gasteiger partial charge in [-0.3, -0.25) is 9.69 Å². The molecular formula is C19H18BrN3OS. The molecule has 0 atom stereocenters. The number of allylic oxidation sites excluding steroid dienone is 1. The van der Waals surface area contributed by atoms with Gasteiger partial charge in [0.1, 0.15) is 0 Å². The molecule has 1 fully saturated rings. The SMILES string of the molecule is CCN1C(=O)/C(=C(\C)c2ccc(Br)cc2)S/C1=N/c1cccc(C)n1. The van der Waals surface area contributed by atoms with Crippen molar-refractivity contribution in [3.63, 3.8) is 0 Å². The van der Waals surface area contributed by atoms with Crippen molar-refractivity contribution >= 4 is 50.2 Å². The highest BCUT2D eigenvalue weighted by molar-refractivity contribution is 9.10. The number of carbonyl (C=O) groups is 1. The summed E-state index contributed by atoms with van der Waals surface area (Å²) in [5.74, 6) is 0.621. The minimum absolute atomic E-state index is 0.000628. The zero-order chi connectivity index (χ0) is 18.0. The third-order valence-corrected chi connectivity index (χ3v) is 5.59. The van der Waals surface area contributed by atoms with E-state index in [1.807, 2.05) is 63.2 Å². The molecule has 1 aromatic heterocycles. The zero-order valence-electron chi connectivity index (χ0n) is 14.3. The Hall–Kier alpha value is -1.92. The quantitative estimate of drug-likeness (QED) is 0.649. The number of hydrogen-bond donors (Lipinski definition) is 0. The second-order valence-electron chi connectivity index (χ2n) is 5.64. The summed E-state index contributed by atoms with van der Waals surface area (Å²) in [5, 5.41) is 0.678. The van der Waals surface area contributed by atoms with Gasteiger partial charge in [-0.15, -0.1) is 0 Å². The van der Waals surface area contributed by atoms with Crippen LogP contribution in [0, 0.1) is 6.92 Å². The van der Waals surface area contributed by atoms with Gasteiger partial charge in [-0.1, -0.05) is 34.1 Å². The van der Waals surface area contributed by atoms with E-state index >= 15 is 0 Å². The molecule has 0 aliphatic carbocycles. The maximum atomic E-state index is 12.8. The van der Waals surface area contributed by atoms with Crippen LogP contribution in [-0.2, 0) is 4.79 Å². The first kappa shape index (κ1) is 17.9. The first-order valence-corrected chi connectivity index (χ1v) is 9.59. The van der Waals surface area contributed by atoms with Crippen molar-refractivity contribution < 1.29 is 4.79 Å². The number of hydrogen-bond acceptors (Lipinski definition) is 4. The summed E-state index contributed by atoms with van der Waals surface area (Å²) in [6, 6.07) is 13.7. The van der Waals surface area contributed by atoms with E-state index in [4.69, 9.17) is 0 Å². The van der Waals surface area contributed by atoms with Gasteiger partial charge in [0.2, 0.25) is 0 Å². The van der Waals surface area contributed by atoms with Gasteiger partial charge in [-0.05, 0) is 67.9 Å². The van der Waals surface area contributed by atoms with E-state index in [0.717, 1.165) is 26.2 Å². The fourth-order valence-electron chi connectivity index (χ4n) is 2.52. The third-order valence-electron chi connectivity index (χ3n) is 3.88. The summed E-state index contributed by atoms with van der Waals surface area (Å²) in [4.78, 5) is 24.2. The first-order chi connectivity index (χ1) is 12.0. The summed E-state index contributed by atoms with van der Waals surface area (Å²) >= 11 is 4.85. The Labute approximate surface area is 160 Å². The fourth-order valence-corrected chi connectivity index (χ4v) is 3.90. The molecule has 1 aliphatic rings. The monoisotopic (exact) mass is 415 g/mol. The van der Waals surface area contributed by atoms with Gasteiger partial charge in [0.05, 0.1) is 4.91 Å². The second kappa shape index (κ2) is 7.54. The van der Waals surface area contributed by atoms with Crippen LogP contribution in [0.25, 0.3) is 5.57 Å². The Balaban J connectivity index is 2.00. The summed E-state index contributed by atoms with van der Waals surface area (Å²) in [6.07, 6.45) is 0. The number of aryl methyl sites for hydroxylation is 1. The van der Waals surface area contributed by atoms with Crippen molar-refractivity contribution in [2.45, 2.75) is 20.8 Å². The Morgan fingerprint density at radius 1 is 1.24 bits per heavy atom. The molecule has 25 heavy (non-hydrogen) atoms. The molecule has 1 aliphatic heterocycles. The number of rotatable bonds is 3. The highest BCUT2D eigenvalue weighted by atomic mass is 79.9. The average molecular weight is 416 g/mol. The molecule has 2 aromatic rings. The zero-order valence-corrected chi connectivity index (χ0v) is 16.7. The first-order valence-electron chi connectivity index (χ1n) is 7.98. The molecule has 0 bridgehead atoms. The number of pyridine rings is 1. The van der Waals surface area contributed by atoms with E-state index in [0.29, 0.717) is 17.5 Å². The number of amidine groups is 1. The number of likely N-dealkylation sites (N-methyl/N-ethyl adjacent to an activating group) is 1. The van der Waals surface area contributed by atoms with Gasteiger partial charge in [-0.2, -0.15) is 0 Å². The molecule has 2 heterocycles. The van der Waals surface area contributed by atoms with E-state index in [2.05, 4.69) is 25.9 Å². The molecule has 0 saturated carbocycles. The summed E-state index contributed by atoms with van der Waals surface area (Å²) in [5.41, 5.74) is 2.90. The van der Waals surface area contributed by atoms with E-state index in [-0.39, 0.29) is 5.91 Å². The van der Waals surface area contributed by atoms with E-state index in [9.17, 15) is 4.79 Å². The third kappa shape index (κ3) is 3.85. The maximum absolute atomic E-state index is 12.8. The number of aromatic nitrogens is 1. The molecule has 0 N–H and O–H groups in total. The number of benzene rings is 1. The number of amides is 1. The Kier molecular flexibility index (Phi) is 5.39. The predicted molar refractivity (Wildman–Crippen MR) is 108 cm³/mol. The summed E-state index contributed by atoms with van der Waals surface area (Å²) < 4.78 is 1.02. The largest absolute Gasteiger partial charge is 0.287 e. The minimum atomic E-state index is -0.000628. The average Bonchev–Trinajstić information content (AvgIpc) is 2.90. The van der Waals surface area contributed by atoms with Gasteiger partial charge in [0.15, 0.2) is 11.0 Å². The Morgan fingerprint density at radius 2 is 1.96 bits per heavy atom. The molecule has 128 valence electrons. The van der Waals surface area contributed by atoms with Gasteiger partial charge >= 0.3 is 0 Å². The molecule has 4 nitrogen and oxygen atoms in total. The predicted octanol–water partition coefficient (Wildman–Crippen LogP) is 5.17. The minimum Gasteiger partial charge on any atom is -0.287 e. The van der Waals surface area contributed by atoms with Crippen molar-refractivity contribution in [1.29, 1.82) is 0 Å². The van der Waals surface area contributed by atoms with Crippen LogP contribution in [0.1, 0.15) is 25.1 Å². The number of aliphatic imine (C=N–C) groups is 1. The number of nitrogens with zero attached hydrogens (tertiary/aromatic N) is 3. The van der Waals surface area contributed by atoms with Crippen LogP contribution in [0.2, 0.25) is 0 Å². The highest BCUT2D eigenvalue weighted by Gasteiger charge is 2.34. The number of thioether (sulfide) groups is 1. The molecular weight excluding hydrogens is 398 g/mol. The smallest absolute Gasteiger partial charge is 0.267 e. The highest BCUT2D eigenvalue weighted by Crippen LogP contribution is 2.37. The van der Waals surface area contributed by atoms with Crippen molar-refractivity contribution in [2.24, 2.45) is 4.99 Å². The lowest BCUT2D eigenvalue weighted by atomic mass is 10.1. The van der Waals surface area contributed by atoms with Crippen molar-refractivity contribution in [3.8, 4) is 0 Å². The molecule has 0 spiro atoms. The second-order valence-corrected chi connectivity index (χ2v) is 7.54. The molecule has 3 rings (SSSR count). The van der Waals surface area contributed by atoms with Crippen LogP contribution < -0.4 is 0 Å². The molecule has 6 heteroatoms. The molecule has 1 saturated heterocycles. The Morgan fingerprint density at radius 3 is 2.60 bits per heavy atom. The summed E-state index contributed by atoms with van der Waals surface area (Å²) in [6.45, 7) is 6.44. The van der Waals surface area contributed by atoms with Crippen LogP contribution in [0.3, 0.4) is 0 Å². The lowest BCUT2D eigenvalue weighted by molar-refractivity contribution is -0.122. The topological polar surface area (TPSA) is 45.6 Å². The van der Waals surface area contributed by atoms with Crippen molar-refractivity contribution in [3.05, 3.63) is 63.1 Å². The van der Waals surface area contributed by atoms with Crippen LogP contribution in [0.4, 0.5) is 5.82 Å². The molecule has 1 amide bonds. The van der Waals surface area contributed by atoms with Gasteiger partial charge in [0.25, 0.3) is 5.91 Å². The standard InChI is InChI=1S/C19H18BrN3OS/c1-4-23-18(24)17(13(3)14-8-10-15(20)11-9-14)25-19(23)22-16-7-5-6-12(2)21-16/h5-11H,4H2,1-3H3/b17-13-,22-19+. The van der Waals surface area contributed by atoms with Gasteiger partial charge in [0, 0.05) is 16.7 Å². The summed E-state index contributed by atoms with van der Waals surface area (Å²) in [7, 11) is 0. The van der Waals surface area contributed by atoms with E-state index in [1.165, 1.54) is 11.8 Å².